The lowest BCUT2D eigenvalue weighted by Gasteiger charge is -2.13. The number of nitrogens with zero attached hydrogens (tertiary/aromatic N) is 1. The quantitative estimate of drug-likeness (QED) is 0.337. The van der Waals surface area contributed by atoms with Crippen LogP contribution in [0, 0.1) is 12.3 Å². The highest BCUT2D eigenvalue weighted by atomic mass is 32.2. The fraction of sp³-hybridized carbons (Fsp3) is 0.174. The van der Waals surface area contributed by atoms with Crippen LogP contribution >= 0.6 is 12.0 Å². The maximum absolute atomic E-state index is 12.1. The van der Waals surface area contributed by atoms with Crippen molar-refractivity contribution in [3.8, 4) is 12.3 Å². The van der Waals surface area contributed by atoms with Crippen molar-refractivity contribution < 1.29 is 8.98 Å². The highest BCUT2D eigenvalue weighted by Crippen LogP contribution is 2.21. The van der Waals surface area contributed by atoms with E-state index in [0.717, 1.165) is 11.3 Å². The van der Waals surface area contributed by atoms with E-state index in [1.807, 2.05) is 18.2 Å². The molecule has 3 aromatic carbocycles. The van der Waals surface area contributed by atoms with Gasteiger partial charge in [-0.2, -0.15) is 0 Å². The Labute approximate surface area is 164 Å². The molecule has 0 bridgehead atoms. The number of benzene rings is 3. The second kappa shape index (κ2) is 9.27. The highest BCUT2D eigenvalue weighted by Gasteiger charge is 2.10. The number of terminal acetylenes is 1. The average Bonchev–Trinajstić information content (AvgIpc) is 2.71. The van der Waals surface area contributed by atoms with E-state index in [1.165, 1.54) is 33.3 Å². The van der Waals surface area contributed by atoms with Crippen molar-refractivity contribution in [1.29, 1.82) is 0 Å². The molecular formula is C23H21NO2S. The third-order valence-electron chi connectivity index (χ3n) is 4.22. The molecule has 0 radical (unpaired) electrons. The Balaban J connectivity index is 1.48. The predicted molar refractivity (Wildman–Crippen MR) is 112 cm³/mol. The molecule has 0 aliphatic heterocycles. The molecular weight excluding hydrogens is 354 g/mol. The fourth-order valence-corrected chi connectivity index (χ4v) is 3.30. The van der Waals surface area contributed by atoms with Gasteiger partial charge in [-0.05, 0) is 47.0 Å². The largest absolute Gasteiger partial charge is 0.331 e. The number of carbonyl (C=O) groups is 1. The van der Waals surface area contributed by atoms with Crippen molar-refractivity contribution in [1.82, 2.24) is 4.90 Å². The van der Waals surface area contributed by atoms with Crippen molar-refractivity contribution in [2.75, 3.05) is 20.2 Å². The van der Waals surface area contributed by atoms with Gasteiger partial charge in [0.2, 0.25) is 0 Å². The van der Waals surface area contributed by atoms with Gasteiger partial charge in [-0.15, -0.1) is 6.42 Å². The SMILES string of the molecule is C#CCN(C)C(=O)c1ccc(SOCCc2ccc3ccccc3c2)cc1. The van der Waals surface area contributed by atoms with Crippen molar-refractivity contribution in [3.63, 3.8) is 0 Å². The maximum Gasteiger partial charge on any atom is 0.254 e. The first-order chi connectivity index (χ1) is 13.2. The van der Waals surface area contributed by atoms with Gasteiger partial charge in [-0.1, -0.05) is 48.4 Å². The highest BCUT2D eigenvalue weighted by molar-refractivity contribution is 7.94. The summed E-state index contributed by atoms with van der Waals surface area (Å²) >= 11 is 1.33. The number of carbonyl (C=O) groups excluding carboxylic acids is 1. The molecule has 0 saturated carbocycles. The molecule has 0 heterocycles. The zero-order valence-electron chi connectivity index (χ0n) is 15.2. The van der Waals surface area contributed by atoms with Crippen LogP contribution < -0.4 is 0 Å². The van der Waals surface area contributed by atoms with Gasteiger partial charge < -0.3 is 9.08 Å². The first-order valence-electron chi connectivity index (χ1n) is 8.73. The number of hydrogen-bond acceptors (Lipinski definition) is 3. The molecule has 0 atom stereocenters. The summed E-state index contributed by atoms with van der Waals surface area (Å²) in [6, 6.07) is 22.2. The lowest BCUT2D eigenvalue weighted by Crippen LogP contribution is -2.26. The Morgan fingerprint density at radius 2 is 1.81 bits per heavy atom. The molecule has 136 valence electrons. The van der Waals surface area contributed by atoms with E-state index in [1.54, 1.807) is 19.2 Å². The topological polar surface area (TPSA) is 29.5 Å². The molecule has 0 spiro atoms. The van der Waals surface area contributed by atoms with Gasteiger partial charge in [0.25, 0.3) is 5.91 Å². The second-order valence-corrected chi connectivity index (χ2v) is 7.10. The van der Waals surface area contributed by atoms with Crippen LogP contribution in [0.25, 0.3) is 10.8 Å². The van der Waals surface area contributed by atoms with Gasteiger partial charge in [0.15, 0.2) is 0 Å². The van der Waals surface area contributed by atoms with E-state index >= 15 is 0 Å². The maximum atomic E-state index is 12.1. The molecule has 3 rings (SSSR count). The molecule has 0 unspecified atom stereocenters. The van der Waals surface area contributed by atoms with Crippen LogP contribution in [-0.2, 0) is 10.6 Å². The Hall–Kier alpha value is -2.74. The molecule has 0 aromatic heterocycles. The minimum absolute atomic E-state index is 0.0817. The smallest absolute Gasteiger partial charge is 0.254 e. The third kappa shape index (κ3) is 5.13. The Bertz CT molecular complexity index is 960. The van der Waals surface area contributed by atoms with E-state index in [9.17, 15) is 4.79 Å². The zero-order chi connectivity index (χ0) is 19.1. The van der Waals surface area contributed by atoms with Crippen LogP contribution in [-0.4, -0.2) is 31.0 Å². The molecule has 0 fully saturated rings. The molecule has 1 amide bonds. The molecule has 0 N–H and O–H groups in total. The van der Waals surface area contributed by atoms with Gasteiger partial charge >= 0.3 is 0 Å². The van der Waals surface area contributed by atoms with Gasteiger partial charge in [-0.3, -0.25) is 4.79 Å². The van der Waals surface area contributed by atoms with E-state index in [4.69, 9.17) is 10.6 Å². The van der Waals surface area contributed by atoms with Crippen LogP contribution in [0.3, 0.4) is 0 Å². The van der Waals surface area contributed by atoms with Crippen LogP contribution in [0.2, 0.25) is 0 Å². The van der Waals surface area contributed by atoms with Gasteiger partial charge in [0.05, 0.1) is 13.2 Å². The summed E-state index contributed by atoms with van der Waals surface area (Å²) < 4.78 is 5.72. The summed E-state index contributed by atoms with van der Waals surface area (Å²) in [6.07, 6.45) is 6.10. The number of fused-ring (bicyclic) bond motifs is 1. The molecule has 27 heavy (non-hydrogen) atoms. The minimum atomic E-state index is -0.0817. The summed E-state index contributed by atoms with van der Waals surface area (Å²) in [4.78, 5) is 14.6. The van der Waals surface area contributed by atoms with Crippen LogP contribution in [0.5, 0.6) is 0 Å². The standard InChI is InChI=1S/C23H21NO2S/c1-3-15-24(2)23(25)20-10-12-22(13-11-20)27-26-16-14-18-8-9-19-6-4-5-7-21(19)17-18/h1,4-13,17H,14-16H2,2H3. The summed E-state index contributed by atoms with van der Waals surface area (Å²) in [5, 5.41) is 2.50. The molecule has 0 aliphatic rings. The first kappa shape index (κ1) is 19.0. The third-order valence-corrected chi connectivity index (χ3v) is 4.97. The predicted octanol–water partition coefficient (Wildman–Crippen LogP) is 4.81. The Morgan fingerprint density at radius 3 is 2.56 bits per heavy atom. The average molecular weight is 375 g/mol. The molecule has 0 aliphatic carbocycles. The van der Waals surface area contributed by atoms with Crippen LogP contribution in [0.15, 0.2) is 71.6 Å². The second-order valence-electron chi connectivity index (χ2n) is 6.23. The van der Waals surface area contributed by atoms with Crippen LogP contribution in [0.1, 0.15) is 15.9 Å². The van der Waals surface area contributed by atoms with Gasteiger partial charge in [0, 0.05) is 29.5 Å². The molecule has 0 saturated heterocycles. The number of amides is 1. The summed E-state index contributed by atoms with van der Waals surface area (Å²) in [5.74, 6) is 2.39. The normalized spacial score (nSPS) is 10.5. The fourth-order valence-electron chi connectivity index (χ4n) is 2.75. The number of hydrogen-bond donors (Lipinski definition) is 0. The number of rotatable bonds is 7. The first-order valence-corrected chi connectivity index (χ1v) is 9.47. The lowest BCUT2D eigenvalue weighted by atomic mass is 10.1. The van der Waals surface area contributed by atoms with Crippen molar-refractivity contribution in [2.45, 2.75) is 11.3 Å². The van der Waals surface area contributed by atoms with Crippen molar-refractivity contribution >= 4 is 28.7 Å². The molecule has 4 heteroatoms. The van der Waals surface area contributed by atoms with Gasteiger partial charge in [0.1, 0.15) is 0 Å². The Morgan fingerprint density at radius 1 is 1.07 bits per heavy atom. The summed E-state index contributed by atoms with van der Waals surface area (Å²) in [5.41, 5.74) is 1.88. The summed E-state index contributed by atoms with van der Waals surface area (Å²) in [7, 11) is 1.70. The van der Waals surface area contributed by atoms with Crippen molar-refractivity contribution in [2.24, 2.45) is 0 Å². The Kier molecular flexibility index (Phi) is 6.54. The van der Waals surface area contributed by atoms with E-state index < -0.39 is 0 Å². The van der Waals surface area contributed by atoms with E-state index in [2.05, 4.69) is 42.3 Å². The van der Waals surface area contributed by atoms with E-state index in [-0.39, 0.29) is 5.91 Å². The molecule has 3 nitrogen and oxygen atoms in total. The van der Waals surface area contributed by atoms with Crippen molar-refractivity contribution in [3.05, 3.63) is 77.9 Å². The summed E-state index contributed by atoms with van der Waals surface area (Å²) in [6.45, 7) is 0.918. The van der Waals surface area contributed by atoms with Crippen LogP contribution in [0.4, 0.5) is 0 Å². The zero-order valence-corrected chi connectivity index (χ0v) is 16.0. The molecule has 3 aromatic rings. The van der Waals surface area contributed by atoms with Gasteiger partial charge in [-0.25, -0.2) is 0 Å². The lowest BCUT2D eigenvalue weighted by molar-refractivity contribution is 0.0812. The van der Waals surface area contributed by atoms with E-state index in [0.29, 0.717) is 18.7 Å². The monoisotopic (exact) mass is 375 g/mol. The minimum Gasteiger partial charge on any atom is -0.331 e.